The summed E-state index contributed by atoms with van der Waals surface area (Å²) in [4.78, 5) is 16.0. The average Bonchev–Trinajstić information content (AvgIpc) is 3.28. The molecule has 4 rings (SSSR count). The third-order valence-corrected chi connectivity index (χ3v) is 5.42. The molecular formula is C22H23NO3. The summed E-state index contributed by atoms with van der Waals surface area (Å²) in [5.74, 6) is 0.740. The molecule has 0 spiro atoms. The minimum absolute atomic E-state index is 0.249. The van der Waals surface area contributed by atoms with Crippen molar-refractivity contribution in [1.29, 1.82) is 0 Å². The number of aromatic nitrogens is 1. The van der Waals surface area contributed by atoms with Crippen LogP contribution in [0.5, 0.6) is 0 Å². The molecule has 0 atom stereocenters. The van der Waals surface area contributed by atoms with Crippen molar-refractivity contribution in [3.63, 3.8) is 0 Å². The summed E-state index contributed by atoms with van der Waals surface area (Å²) in [6.45, 7) is 4.30. The van der Waals surface area contributed by atoms with Crippen LogP contribution in [0.15, 0.2) is 40.9 Å². The minimum Gasteiger partial charge on any atom is -0.478 e. The van der Waals surface area contributed by atoms with Crippen molar-refractivity contribution in [3.8, 4) is 11.5 Å². The molecule has 2 heterocycles. The first-order valence-corrected chi connectivity index (χ1v) is 9.30. The fourth-order valence-electron chi connectivity index (χ4n) is 3.94. The number of carboxylic acids is 1. The van der Waals surface area contributed by atoms with E-state index in [1.54, 1.807) is 12.1 Å². The number of nitrogens with zero attached hydrogens (tertiary/aromatic N) is 1. The van der Waals surface area contributed by atoms with E-state index >= 15 is 0 Å². The SMILES string of the molecule is CC(C)c1ccc(-c2oc3cc(C(=O)O)ccc3c2C2CCCC2)nc1. The molecule has 1 aliphatic carbocycles. The van der Waals surface area contributed by atoms with Gasteiger partial charge in [-0.1, -0.05) is 32.8 Å². The highest BCUT2D eigenvalue weighted by Crippen LogP contribution is 2.44. The van der Waals surface area contributed by atoms with Crippen LogP contribution in [0.3, 0.4) is 0 Å². The zero-order chi connectivity index (χ0) is 18.3. The fourth-order valence-corrected chi connectivity index (χ4v) is 3.94. The lowest BCUT2D eigenvalue weighted by Gasteiger charge is -2.11. The van der Waals surface area contributed by atoms with Gasteiger partial charge in [0.15, 0.2) is 5.76 Å². The molecule has 1 saturated carbocycles. The standard InChI is InChI=1S/C22H23NO3/c1-13(2)16-8-10-18(23-12-16)21-20(14-5-3-4-6-14)17-9-7-15(22(24)25)11-19(17)26-21/h7-14H,3-6H2,1-2H3,(H,24,25). The molecule has 4 heteroatoms. The molecule has 2 aromatic heterocycles. The van der Waals surface area contributed by atoms with Gasteiger partial charge in [-0.15, -0.1) is 0 Å². The minimum atomic E-state index is -0.938. The normalized spacial score (nSPS) is 15.2. The largest absolute Gasteiger partial charge is 0.478 e. The Morgan fingerprint density at radius 3 is 2.58 bits per heavy atom. The first-order chi connectivity index (χ1) is 12.5. The molecule has 0 bridgehead atoms. The van der Waals surface area contributed by atoms with Crippen molar-refractivity contribution < 1.29 is 14.3 Å². The zero-order valence-electron chi connectivity index (χ0n) is 15.2. The maximum atomic E-state index is 11.3. The van der Waals surface area contributed by atoms with Crippen LogP contribution < -0.4 is 0 Å². The van der Waals surface area contributed by atoms with Gasteiger partial charge in [0.05, 0.1) is 5.56 Å². The summed E-state index contributed by atoms with van der Waals surface area (Å²) in [6.07, 6.45) is 6.65. The second-order valence-corrected chi connectivity index (χ2v) is 7.47. The molecule has 26 heavy (non-hydrogen) atoms. The topological polar surface area (TPSA) is 63.3 Å². The van der Waals surface area contributed by atoms with Crippen LogP contribution >= 0.6 is 0 Å². The van der Waals surface area contributed by atoms with Gasteiger partial charge in [-0.2, -0.15) is 0 Å². The highest BCUT2D eigenvalue weighted by molar-refractivity contribution is 5.95. The Labute approximate surface area is 152 Å². The number of carboxylic acid groups (broad SMARTS) is 1. The molecule has 0 saturated heterocycles. The predicted molar refractivity (Wildman–Crippen MR) is 102 cm³/mol. The second-order valence-electron chi connectivity index (χ2n) is 7.47. The maximum absolute atomic E-state index is 11.3. The van der Waals surface area contributed by atoms with E-state index in [4.69, 9.17) is 4.42 Å². The van der Waals surface area contributed by atoms with Gasteiger partial charge < -0.3 is 9.52 Å². The first kappa shape index (κ1) is 16.8. The lowest BCUT2D eigenvalue weighted by atomic mass is 9.93. The molecule has 0 radical (unpaired) electrons. The van der Waals surface area contributed by atoms with Crippen LogP contribution in [0, 0.1) is 0 Å². The van der Waals surface area contributed by atoms with E-state index in [1.165, 1.54) is 24.0 Å². The highest BCUT2D eigenvalue weighted by atomic mass is 16.4. The van der Waals surface area contributed by atoms with Crippen molar-refractivity contribution in [1.82, 2.24) is 4.98 Å². The molecule has 1 aliphatic rings. The Morgan fingerprint density at radius 1 is 1.19 bits per heavy atom. The van der Waals surface area contributed by atoms with Gasteiger partial charge in [-0.25, -0.2) is 4.79 Å². The quantitative estimate of drug-likeness (QED) is 0.630. The van der Waals surface area contributed by atoms with Crippen LogP contribution in [0.25, 0.3) is 22.4 Å². The monoisotopic (exact) mass is 349 g/mol. The van der Waals surface area contributed by atoms with Crippen LogP contribution in [0.1, 0.15) is 72.9 Å². The van der Waals surface area contributed by atoms with E-state index in [0.717, 1.165) is 29.7 Å². The summed E-state index contributed by atoms with van der Waals surface area (Å²) in [7, 11) is 0. The Kier molecular flexibility index (Phi) is 4.27. The number of benzene rings is 1. The molecule has 4 nitrogen and oxygen atoms in total. The molecule has 1 aromatic carbocycles. The first-order valence-electron chi connectivity index (χ1n) is 9.30. The number of hydrogen-bond donors (Lipinski definition) is 1. The van der Waals surface area contributed by atoms with Crippen LogP contribution in [-0.4, -0.2) is 16.1 Å². The molecule has 1 fully saturated rings. The van der Waals surface area contributed by atoms with Crippen molar-refractivity contribution in [2.45, 2.75) is 51.4 Å². The number of furan rings is 1. The van der Waals surface area contributed by atoms with Gasteiger partial charge >= 0.3 is 5.97 Å². The molecule has 3 aromatic rings. The van der Waals surface area contributed by atoms with Crippen molar-refractivity contribution in [2.24, 2.45) is 0 Å². The Bertz CT molecular complexity index is 947. The Morgan fingerprint density at radius 2 is 1.96 bits per heavy atom. The summed E-state index contributed by atoms with van der Waals surface area (Å²) in [6, 6.07) is 9.30. The Balaban J connectivity index is 1.88. The fraction of sp³-hybridized carbons (Fsp3) is 0.364. The van der Waals surface area contributed by atoms with Gasteiger partial charge in [0.1, 0.15) is 11.3 Å². The van der Waals surface area contributed by atoms with Crippen LogP contribution in [-0.2, 0) is 0 Å². The lowest BCUT2D eigenvalue weighted by Crippen LogP contribution is -1.97. The second kappa shape index (κ2) is 6.60. The van der Waals surface area contributed by atoms with Gasteiger partial charge in [0, 0.05) is 17.1 Å². The number of pyridine rings is 1. The average molecular weight is 349 g/mol. The highest BCUT2D eigenvalue weighted by Gasteiger charge is 2.27. The smallest absolute Gasteiger partial charge is 0.335 e. The third kappa shape index (κ3) is 2.90. The summed E-state index contributed by atoms with van der Waals surface area (Å²) >= 11 is 0. The lowest BCUT2D eigenvalue weighted by molar-refractivity contribution is 0.0697. The zero-order valence-corrected chi connectivity index (χ0v) is 15.2. The molecule has 0 aliphatic heterocycles. The van der Waals surface area contributed by atoms with E-state index in [9.17, 15) is 9.90 Å². The molecule has 0 unspecified atom stereocenters. The Hall–Kier alpha value is -2.62. The van der Waals surface area contributed by atoms with Gasteiger partial charge in [-0.05, 0) is 54.5 Å². The van der Waals surface area contributed by atoms with Crippen molar-refractivity contribution >= 4 is 16.9 Å². The van der Waals surface area contributed by atoms with E-state index in [0.29, 0.717) is 17.4 Å². The molecular weight excluding hydrogens is 326 g/mol. The van der Waals surface area contributed by atoms with E-state index in [2.05, 4.69) is 24.9 Å². The summed E-state index contributed by atoms with van der Waals surface area (Å²) < 4.78 is 6.16. The predicted octanol–water partition coefficient (Wildman–Crippen LogP) is 5.97. The number of hydrogen-bond acceptors (Lipinski definition) is 3. The molecule has 1 N–H and O–H groups in total. The van der Waals surface area contributed by atoms with Crippen LogP contribution in [0.4, 0.5) is 0 Å². The third-order valence-electron chi connectivity index (χ3n) is 5.42. The van der Waals surface area contributed by atoms with Gasteiger partial charge in [0.25, 0.3) is 0 Å². The van der Waals surface area contributed by atoms with E-state index in [1.807, 2.05) is 18.3 Å². The number of rotatable bonds is 4. The summed E-state index contributed by atoms with van der Waals surface area (Å²) in [5, 5.41) is 10.3. The molecule has 134 valence electrons. The number of fused-ring (bicyclic) bond motifs is 1. The van der Waals surface area contributed by atoms with E-state index < -0.39 is 5.97 Å². The van der Waals surface area contributed by atoms with Gasteiger partial charge in [-0.3, -0.25) is 4.98 Å². The molecule has 0 amide bonds. The van der Waals surface area contributed by atoms with Gasteiger partial charge in [0.2, 0.25) is 0 Å². The number of carbonyl (C=O) groups is 1. The van der Waals surface area contributed by atoms with Crippen molar-refractivity contribution in [3.05, 3.63) is 53.2 Å². The number of aromatic carboxylic acids is 1. The maximum Gasteiger partial charge on any atom is 0.335 e. The van der Waals surface area contributed by atoms with E-state index in [-0.39, 0.29) is 5.56 Å². The summed E-state index contributed by atoms with van der Waals surface area (Å²) in [5.41, 5.74) is 4.10. The van der Waals surface area contributed by atoms with Crippen molar-refractivity contribution in [2.75, 3.05) is 0 Å². The van der Waals surface area contributed by atoms with Crippen LogP contribution in [0.2, 0.25) is 0 Å².